The fourth-order valence-electron chi connectivity index (χ4n) is 1.73. The molecule has 0 atom stereocenters. The molecule has 0 bridgehead atoms. The van der Waals surface area contributed by atoms with E-state index in [0.717, 1.165) is 41.7 Å². The Hall–Kier alpha value is -0.710. The number of rotatable bonds is 6. The van der Waals surface area contributed by atoms with Crippen molar-refractivity contribution in [2.75, 3.05) is 5.75 Å². The molecule has 20 heavy (non-hydrogen) atoms. The van der Waals surface area contributed by atoms with Crippen LogP contribution in [0, 0.1) is 13.8 Å². The number of halogens is 2. The van der Waals surface area contributed by atoms with Crippen molar-refractivity contribution in [1.82, 2.24) is 14.8 Å². The average Bonchev–Trinajstić information content (AvgIpc) is 2.79. The quantitative estimate of drug-likeness (QED) is 0.553. The van der Waals surface area contributed by atoms with Gasteiger partial charge in [0.05, 0.1) is 15.7 Å². The molecule has 1 aromatic carbocycles. The number of unbranched alkanes of at least 4 members (excludes halogenated alkanes) is 2. The SMILES string of the molecule is [CH2]CCCCSc1nc(C)n(-c2ccc(Cl)c(Cl)c2)n1. The number of aromatic nitrogens is 3. The third-order valence-electron chi connectivity index (χ3n) is 2.77. The smallest absolute Gasteiger partial charge is 0.209 e. The van der Waals surface area contributed by atoms with Gasteiger partial charge < -0.3 is 0 Å². The van der Waals surface area contributed by atoms with E-state index in [1.807, 2.05) is 13.0 Å². The molecule has 0 aliphatic carbocycles. The maximum Gasteiger partial charge on any atom is 0.209 e. The molecule has 0 spiro atoms. The predicted molar refractivity (Wildman–Crippen MR) is 86.0 cm³/mol. The highest BCUT2D eigenvalue weighted by Crippen LogP contribution is 2.25. The van der Waals surface area contributed by atoms with Crippen molar-refractivity contribution in [3.05, 3.63) is 41.0 Å². The van der Waals surface area contributed by atoms with Gasteiger partial charge in [-0.2, -0.15) is 0 Å². The monoisotopic (exact) mass is 328 g/mol. The minimum atomic E-state index is 0.517. The maximum atomic E-state index is 6.04. The minimum Gasteiger partial charge on any atom is -0.217 e. The zero-order valence-electron chi connectivity index (χ0n) is 11.3. The van der Waals surface area contributed by atoms with Gasteiger partial charge >= 0.3 is 0 Å². The van der Waals surface area contributed by atoms with Gasteiger partial charge in [0.1, 0.15) is 5.82 Å². The Balaban J connectivity index is 2.12. The number of thioether (sulfide) groups is 1. The summed E-state index contributed by atoms with van der Waals surface area (Å²) in [5, 5.41) is 6.34. The van der Waals surface area contributed by atoms with Gasteiger partial charge in [-0.25, -0.2) is 9.67 Å². The van der Waals surface area contributed by atoms with Crippen LogP contribution in [0.15, 0.2) is 23.4 Å². The molecule has 1 radical (unpaired) electrons. The van der Waals surface area contributed by atoms with E-state index >= 15 is 0 Å². The molecule has 2 aromatic rings. The highest BCUT2D eigenvalue weighted by molar-refractivity contribution is 7.99. The summed E-state index contributed by atoms with van der Waals surface area (Å²) >= 11 is 13.6. The van der Waals surface area contributed by atoms with Crippen molar-refractivity contribution < 1.29 is 0 Å². The van der Waals surface area contributed by atoms with Crippen molar-refractivity contribution in [2.24, 2.45) is 0 Å². The van der Waals surface area contributed by atoms with E-state index in [9.17, 15) is 0 Å². The summed E-state index contributed by atoms with van der Waals surface area (Å²) in [4.78, 5) is 4.46. The van der Waals surface area contributed by atoms with E-state index in [-0.39, 0.29) is 0 Å². The van der Waals surface area contributed by atoms with Crippen LogP contribution in [-0.4, -0.2) is 20.5 Å². The summed E-state index contributed by atoms with van der Waals surface area (Å²) < 4.78 is 1.78. The Labute approximate surface area is 133 Å². The van der Waals surface area contributed by atoms with Crippen molar-refractivity contribution >= 4 is 35.0 Å². The van der Waals surface area contributed by atoms with Crippen LogP contribution < -0.4 is 0 Å². The molecule has 0 aliphatic heterocycles. The molecule has 1 aromatic heterocycles. The van der Waals surface area contributed by atoms with Crippen LogP contribution in [0.25, 0.3) is 5.69 Å². The largest absolute Gasteiger partial charge is 0.217 e. The van der Waals surface area contributed by atoms with Gasteiger partial charge in [-0.3, -0.25) is 0 Å². The second-order valence-electron chi connectivity index (χ2n) is 4.36. The molecule has 0 saturated carbocycles. The van der Waals surface area contributed by atoms with Crippen LogP contribution in [-0.2, 0) is 0 Å². The van der Waals surface area contributed by atoms with Crippen molar-refractivity contribution in [1.29, 1.82) is 0 Å². The summed E-state index contributed by atoms with van der Waals surface area (Å²) in [5.74, 6) is 1.85. The lowest BCUT2D eigenvalue weighted by atomic mass is 10.3. The van der Waals surface area contributed by atoms with Gasteiger partial charge in [0, 0.05) is 5.75 Å². The molecule has 0 unspecified atom stereocenters. The lowest BCUT2D eigenvalue weighted by Crippen LogP contribution is -1.99. The second-order valence-corrected chi connectivity index (χ2v) is 6.24. The average molecular weight is 329 g/mol. The summed E-state index contributed by atoms with van der Waals surface area (Å²) in [6, 6.07) is 5.44. The molecule has 3 nitrogen and oxygen atoms in total. The zero-order chi connectivity index (χ0) is 14.5. The van der Waals surface area contributed by atoms with E-state index in [2.05, 4.69) is 17.0 Å². The maximum absolute atomic E-state index is 6.04. The topological polar surface area (TPSA) is 30.7 Å². The first kappa shape index (κ1) is 15.7. The highest BCUT2D eigenvalue weighted by Gasteiger charge is 2.09. The van der Waals surface area contributed by atoms with Crippen LogP contribution in [0.4, 0.5) is 0 Å². The molecule has 0 aliphatic rings. The number of benzene rings is 1. The lowest BCUT2D eigenvalue weighted by Gasteiger charge is -2.04. The minimum absolute atomic E-state index is 0.517. The van der Waals surface area contributed by atoms with E-state index in [1.165, 1.54) is 0 Å². The Bertz CT molecular complexity index is 584. The molecule has 107 valence electrons. The summed E-state index contributed by atoms with van der Waals surface area (Å²) in [6.07, 6.45) is 3.25. The van der Waals surface area contributed by atoms with E-state index in [4.69, 9.17) is 23.2 Å². The summed E-state index contributed by atoms with van der Waals surface area (Å²) in [5.41, 5.74) is 0.869. The standard InChI is InChI=1S/C14H16Cl2N3S/c1-3-4-5-8-20-14-17-10(2)19(18-14)11-6-7-12(15)13(16)9-11/h6-7,9H,1,3-5,8H2,2H3. The number of hydrogen-bond donors (Lipinski definition) is 0. The lowest BCUT2D eigenvalue weighted by molar-refractivity contribution is 0.805. The Morgan fingerprint density at radius 1 is 1.25 bits per heavy atom. The Kier molecular flexibility index (Phi) is 5.75. The molecule has 0 saturated heterocycles. The van der Waals surface area contributed by atoms with Gasteiger partial charge in [-0.1, -0.05) is 54.7 Å². The van der Waals surface area contributed by atoms with Crippen molar-refractivity contribution in [3.63, 3.8) is 0 Å². The highest BCUT2D eigenvalue weighted by atomic mass is 35.5. The van der Waals surface area contributed by atoms with Gasteiger partial charge in [0.2, 0.25) is 5.16 Å². The van der Waals surface area contributed by atoms with E-state index in [0.29, 0.717) is 10.0 Å². The molecule has 0 fully saturated rings. The van der Waals surface area contributed by atoms with Gasteiger partial charge in [0.15, 0.2) is 0 Å². The fourth-order valence-corrected chi connectivity index (χ4v) is 2.89. The van der Waals surface area contributed by atoms with Gasteiger partial charge in [-0.05, 0) is 31.5 Å². The van der Waals surface area contributed by atoms with Crippen LogP contribution >= 0.6 is 35.0 Å². The van der Waals surface area contributed by atoms with Gasteiger partial charge in [0.25, 0.3) is 0 Å². The molecule has 2 rings (SSSR count). The Morgan fingerprint density at radius 2 is 2.05 bits per heavy atom. The first-order valence-corrected chi connectivity index (χ1v) is 8.17. The number of hydrogen-bond acceptors (Lipinski definition) is 3. The van der Waals surface area contributed by atoms with Crippen molar-refractivity contribution in [3.8, 4) is 5.69 Å². The Morgan fingerprint density at radius 3 is 2.75 bits per heavy atom. The molecular weight excluding hydrogens is 313 g/mol. The molecule has 6 heteroatoms. The summed E-state index contributed by atoms with van der Waals surface area (Å²) in [7, 11) is 0. The van der Waals surface area contributed by atoms with Crippen LogP contribution in [0.3, 0.4) is 0 Å². The van der Waals surface area contributed by atoms with Gasteiger partial charge in [-0.15, -0.1) is 5.10 Å². The van der Waals surface area contributed by atoms with E-state index in [1.54, 1.807) is 28.6 Å². The van der Waals surface area contributed by atoms with Crippen LogP contribution in [0.1, 0.15) is 25.1 Å². The number of aryl methyl sites for hydroxylation is 1. The molecule has 0 amide bonds. The third-order valence-corrected chi connectivity index (χ3v) is 4.44. The van der Waals surface area contributed by atoms with Crippen LogP contribution in [0.2, 0.25) is 10.0 Å². The first-order chi connectivity index (χ1) is 9.61. The molecular formula is C14H16Cl2N3S. The predicted octanol–water partition coefficient (Wildman–Crippen LogP) is 4.98. The molecule has 1 heterocycles. The first-order valence-electron chi connectivity index (χ1n) is 6.43. The van der Waals surface area contributed by atoms with Crippen LogP contribution in [0.5, 0.6) is 0 Å². The molecule has 0 N–H and O–H groups in total. The second kappa shape index (κ2) is 7.34. The van der Waals surface area contributed by atoms with Crippen molar-refractivity contribution in [2.45, 2.75) is 31.3 Å². The third kappa shape index (κ3) is 3.90. The number of nitrogens with zero attached hydrogens (tertiary/aromatic N) is 3. The zero-order valence-corrected chi connectivity index (χ0v) is 13.6. The fraction of sp³-hybridized carbons (Fsp3) is 0.357. The summed E-state index contributed by atoms with van der Waals surface area (Å²) in [6.45, 7) is 5.76. The van der Waals surface area contributed by atoms with E-state index < -0.39 is 0 Å². The normalized spacial score (nSPS) is 11.0.